The molecule has 2 aromatic rings. The molecule has 1 atom stereocenters. The summed E-state index contributed by atoms with van der Waals surface area (Å²) in [5.74, 6) is 0.452. The van der Waals surface area contributed by atoms with Gasteiger partial charge in [0.1, 0.15) is 17.6 Å². The first-order chi connectivity index (χ1) is 11.6. The lowest BCUT2D eigenvalue weighted by molar-refractivity contribution is 0.0620. The molecule has 0 aromatic carbocycles. The molecule has 1 unspecified atom stereocenters. The number of aryl methyl sites for hydroxylation is 1. The number of hydrogen-bond acceptors (Lipinski definition) is 5. The van der Waals surface area contributed by atoms with Crippen molar-refractivity contribution in [3.63, 3.8) is 0 Å². The van der Waals surface area contributed by atoms with Crippen molar-refractivity contribution < 1.29 is 9.59 Å². The zero-order valence-corrected chi connectivity index (χ0v) is 14.9. The second-order valence-corrected chi connectivity index (χ2v) is 5.63. The van der Waals surface area contributed by atoms with Gasteiger partial charge in [-0.1, -0.05) is 0 Å². The molecule has 0 radical (unpaired) electrons. The summed E-state index contributed by atoms with van der Waals surface area (Å²) >= 11 is 0. The molecule has 1 fully saturated rings. The van der Waals surface area contributed by atoms with E-state index in [1.165, 1.54) is 6.20 Å². The van der Waals surface area contributed by atoms with Gasteiger partial charge in [0.2, 0.25) is 0 Å². The lowest BCUT2D eigenvalue weighted by Gasteiger charge is -2.35. The van der Waals surface area contributed by atoms with E-state index in [4.69, 9.17) is 0 Å². The van der Waals surface area contributed by atoms with E-state index in [-0.39, 0.29) is 36.0 Å². The maximum Gasteiger partial charge on any atom is 0.269 e. The summed E-state index contributed by atoms with van der Waals surface area (Å²) in [6, 6.07) is 3.06. The van der Waals surface area contributed by atoms with Crippen LogP contribution in [0.5, 0.6) is 0 Å². The minimum absolute atomic E-state index is 0. The van der Waals surface area contributed by atoms with Gasteiger partial charge in [0.05, 0.1) is 5.56 Å². The van der Waals surface area contributed by atoms with E-state index in [0.29, 0.717) is 18.7 Å². The van der Waals surface area contributed by atoms with Crippen LogP contribution in [0.25, 0.3) is 0 Å². The number of hydrogen-bond donors (Lipinski definition) is 2. The Bertz CT molecular complexity index is 745. The van der Waals surface area contributed by atoms with Gasteiger partial charge in [-0.05, 0) is 12.1 Å². The van der Waals surface area contributed by atoms with Gasteiger partial charge in [0.25, 0.3) is 11.8 Å². The first kappa shape index (κ1) is 18.9. The minimum atomic E-state index is -0.276. The Balaban J connectivity index is 0.00000225. The summed E-state index contributed by atoms with van der Waals surface area (Å²) in [4.78, 5) is 34.7. The number of piperazine rings is 1. The number of aromatic nitrogens is 3. The number of imidazole rings is 1. The molecule has 0 bridgehead atoms. The van der Waals surface area contributed by atoms with Crippen molar-refractivity contribution in [1.29, 1.82) is 0 Å². The normalized spacial score (nSPS) is 16.9. The fourth-order valence-electron chi connectivity index (χ4n) is 2.82. The second-order valence-electron chi connectivity index (χ2n) is 5.63. The van der Waals surface area contributed by atoms with E-state index in [0.717, 1.165) is 12.4 Å². The number of amides is 2. The fraction of sp³-hybridized carbons (Fsp3) is 0.375. The molecule has 8 nitrogen and oxygen atoms in total. The molecule has 9 heteroatoms. The maximum atomic E-state index is 12.9. The van der Waals surface area contributed by atoms with E-state index in [1.54, 1.807) is 30.3 Å². The molecule has 134 valence electrons. The average Bonchev–Trinajstić information content (AvgIpc) is 3.06. The Morgan fingerprint density at radius 2 is 2.12 bits per heavy atom. The van der Waals surface area contributed by atoms with Crippen LogP contribution in [0.15, 0.2) is 30.7 Å². The predicted octanol–water partition coefficient (Wildman–Crippen LogP) is 0.383. The Morgan fingerprint density at radius 1 is 1.32 bits per heavy atom. The van der Waals surface area contributed by atoms with Crippen LogP contribution in [0, 0.1) is 0 Å². The van der Waals surface area contributed by atoms with Crippen LogP contribution < -0.4 is 10.6 Å². The van der Waals surface area contributed by atoms with Crippen LogP contribution >= 0.6 is 12.4 Å². The summed E-state index contributed by atoms with van der Waals surface area (Å²) < 4.78 is 1.92. The van der Waals surface area contributed by atoms with E-state index >= 15 is 0 Å². The SMILES string of the molecule is CNC(=O)c1ccc(C(=O)N2CCNCC2c2nccn2C)cn1.Cl. The number of nitrogens with one attached hydrogen (secondary N) is 2. The highest BCUT2D eigenvalue weighted by atomic mass is 35.5. The molecule has 2 aromatic heterocycles. The van der Waals surface area contributed by atoms with Crippen molar-refractivity contribution in [3.05, 3.63) is 47.8 Å². The molecule has 0 spiro atoms. The van der Waals surface area contributed by atoms with Crippen molar-refractivity contribution in [3.8, 4) is 0 Å². The van der Waals surface area contributed by atoms with Crippen LogP contribution in [-0.2, 0) is 7.05 Å². The zero-order valence-electron chi connectivity index (χ0n) is 14.1. The highest BCUT2D eigenvalue weighted by Gasteiger charge is 2.31. The van der Waals surface area contributed by atoms with Crippen LogP contribution in [0.3, 0.4) is 0 Å². The fourth-order valence-corrected chi connectivity index (χ4v) is 2.82. The van der Waals surface area contributed by atoms with Crippen LogP contribution in [0.1, 0.15) is 32.7 Å². The number of pyridine rings is 1. The summed E-state index contributed by atoms with van der Waals surface area (Å²) in [6.45, 7) is 1.98. The Kier molecular flexibility index (Phi) is 6.11. The van der Waals surface area contributed by atoms with Gasteiger partial charge in [0, 0.05) is 52.3 Å². The van der Waals surface area contributed by atoms with Crippen LogP contribution in [-0.4, -0.2) is 57.9 Å². The quantitative estimate of drug-likeness (QED) is 0.821. The van der Waals surface area contributed by atoms with E-state index < -0.39 is 0 Å². The summed E-state index contributed by atoms with van der Waals surface area (Å²) in [5.41, 5.74) is 0.749. The molecular formula is C16H21ClN6O2. The average molecular weight is 365 g/mol. The van der Waals surface area contributed by atoms with Gasteiger partial charge in [-0.15, -0.1) is 12.4 Å². The zero-order chi connectivity index (χ0) is 17.1. The van der Waals surface area contributed by atoms with Gasteiger partial charge < -0.3 is 20.1 Å². The van der Waals surface area contributed by atoms with Gasteiger partial charge in [0.15, 0.2) is 0 Å². The monoisotopic (exact) mass is 364 g/mol. The molecule has 3 rings (SSSR count). The highest BCUT2D eigenvalue weighted by Crippen LogP contribution is 2.22. The number of rotatable bonds is 3. The first-order valence-corrected chi connectivity index (χ1v) is 7.79. The molecule has 0 aliphatic carbocycles. The molecule has 1 saturated heterocycles. The van der Waals surface area contributed by atoms with E-state index in [1.807, 2.05) is 17.8 Å². The van der Waals surface area contributed by atoms with Gasteiger partial charge >= 0.3 is 0 Å². The standard InChI is InChI=1S/C16H20N6O2.ClH/c1-17-15(23)12-4-3-11(9-20-12)16(24)22-8-5-18-10-13(22)14-19-6-7-21(14)2;/h3-4,6-7,9,13,18H,5,8,10H2,1-2H3,(H,17,23);1H. The number of halogens is 1. The topological polar surface area (TPSA) is 92.2 Å². The smallest absolute Gasteiger partial charge is 0.269 e. The number of carbonyl (C=O) groups is 2. The molecular weight excluding hydrogens is 344 g/mol. The van der Waals surface area contributed by atoms with E-state index in [2.05, 4.69) is 20.6 Å². The third-order valence-corrected chi connectivity index (χ3v) is 4.13. The van der Waals surface area contributed by atoms with Crippen LogP contribution in [0.4, 0.5) is 0 Å². The van der Waals surface area contributed by atoms with Gasteiger partial charge in [-0.2, -0.15) is 0 Å². The molecule has 25 heavy (non-hydrogen) atoms. The lowest BCUT2D eigenvalue weighted by atomic mass is 10.1. The number of carbonyl (C=O) groups excluding carboxylic acids is 2. The molecule has 1 aliphatic rings. The van der Waals surface area contributed by atoms with Crippen LogP contribution in [0.2, 0.25) is 0 Å². The molecule has 1 aliphatic heterocycles. The second kappa shape index (κ2) is 8.09. The largest absolute Gasteiger partial charge is 0.354 e. The number of nitrogens with zero attached hydrogens (tertiary/aromatic N) is 4. The van der Waals surface area contributed by atoms with Crippen molar-refractivity contribution in [2.45, 2.75) is 6.04 Å². The summed E-state index contributed by atoms with van der Waals surface area (Å²) in [7, 11) is 3.46. The lowest BCUT2D eigenvalue weighted by Crippen LogP contribution is -2.49. The predicted molar refractivity (Wildman–Crippen MR) is 94.7 cm³/mol. The molecule has 3 heterocycles. The van der Waals surface area contributed by atoms with E-state index in [9.17, 15) is 9.59 Å². The van der Waals surface area contributed by atoms with Crippen molar-refractivity contribution >= 4 is 24.2 Å². The Labute approximate surface area is 152 Å². The molecule has 2 N–H and O–H groups in total. The third-order valence-electron chi connectivity index (χ3n) is 4.13. The van der Waals surface area contributed by atoms with Crippen molar-refractivity contribution in [2.24, 2.45) is 7.05 Å². The first-order valence-electron chi connectivity index (χ1n) is 7.79. The van der Waals surface area contributed by atoms with Crippen molar-refractivity contribution in [1.82, 2.24) is 30.1 Å². The Morgan fingerprint density at radius 3 is 2.72 bits per heavy atom. The summed E-state index contributed by atoms with van der Waals surface area (Å²) in [6.07, 6.45) is 5.04. The third kappa shape index (κ3) is 3.80. The maximum absolute atomic E-state index is 12.9. The Hall–Kier alpha value is -2.45. The van der Waals surface area contributed by atoms with Crippen molar-refractivity contribution in [2.75, 3.05) is 26.7 Å². The highest BCUT2D eigenvalue weighted by molar-refractivity contribution is 5.96. The molecule has 0 saturated carbocycles. The van der Waals surface area contributed by atoms with Gasteiger partial charge in [-0.3, -0.25) is 14.6 Å². The minimum Gasteiger partial charge on any atom is -0.354 e. The summed E-state index contributed by atoms with van der Waals surface area (Å²) in [5, 5.41) is 5.81. The van der Waals surface area contributed by atoms with Gasteiger partial charge in [-0.25, -0.2) is 4.98 Å². The molecule has 2 amide bonds.